The van der Waals surface area contributed by atoms with Crippen LogP contribution in [0.1, 0.15) is 12.0 Å². The molecule has 0 bridgehead atoms. The summed E-state index contributed by atoms with van der Waals surface area (Å²) in [5.74, 6) is -0.648. The summed E-state index contributed by atoms with van der Waals surface area (Å²) in [5.41, 5.74) is 1.10. The van der Waals surface area contributed by atoms with Gasteiger partial charge in [-0.3, -0.25) is 4.79 Å². The molecular weight excluding hydrogens is 391 g/mol. The molecule has 0 radical (unpaired) electrons. The standard InChI is InChI=1S/C19H20ClFN2O3S/c20-17-14-16(7-8-18(17)21)27(25,26)23-12-10-22(11-13-23)19(24)9-6-15-4-2-1-3-5-15/h1-5,7-8,14H,6,9-13H2. The maximum atomic E-state index is 13.3. The molecule has 0 atom stereocenters. The van der Waals surface area contributed by atoms with Gasteiger partial charge >= 0.3 is 0 Å². The van der Waals surface area contributed by atoms with Gasteiger partial charge < -0.3 is 4.90 Å². The van der Waals surface area contributed by atoms with Crippen molar-refractivity contribution in [3.63, 3.8) is 0 Å². The average molecular weight is 411 g/mol. The van der Waals surface area contributed by atoms with E-state index in [2.05, 4.69) is 0 Å². The van der Waals surface area contributed by atoms with Crippen LogP contribution in [0.4, 0.5) is 4.39 Å². The highest BCUT2D eigenvalue weighted by Gasteiger charge is 2.30. The Morgan fingerprint density at radius 2 is 1.70 bits per heavy atom. The quantitative estimate of drug-likeness (QED) is 0.761. The molecule has 144 valence electrons. The number of halogens is 2. The van der Waals surface area contributed by atoms with E-state index < -0.39 is 15.8 Å². The number of carbonyl (C=O) groups is 1. The summed E-state index contributed by atoms with van der Waals surface area (Å²) in [6.07, 6.45) is 1.05. The molecule has 3 rings (SSSR count). The Bertz CT molecular complexity index is 914. The largest absolute Gasteiger partial charge is 0.340 e. The first kappa shape index (κ1) is 19.8. The lowest BCUT2D eigenvalue weighted by molar-refractivity contribution is -0.132. The zero-order valence-electron chi connectivity index (χ0n) is 14.6. The van der Waals surface area contributed by atoms with E-state index in [1.807, 2.05) is 30.3 Å². The van der Waals surface area contributed by atoms with Gasteiger partial charge in [0.25, 0.3) is 0 Å². The minimum absolute atomic E-state index is 0.0146. The van der Waals surface area contributed by atoms with Crippen LogP contribution in [0, 0.1) is 5.82 Å². The Morgan fingerprint density at radius 1 is 1.04 bits per heavy atom. The van der Waals surface area contributed by atoms with Crippen LogP contribution in [0.3, 0.4) is 0 Å². The number of sulfonamides is 1. The van der Waals surface area contributed by atoms with Crippen molar-refractivity contribution in [1.82, 2.24) is 9.21 Å². The molecular formula is C19H20ClFN2O3S. The van der Waals surface area contributed by atoms with E-state index in [9.17, 15) is 17.6 Å². The minimum atomic E-state index is -3.76. The average Bonchev–Trinajstić information content (AvgIpc) is 2.69. The molecule has 1 saturated heterocycles. The molecule has 1 fully saturated rings. The number of hydrogen-bond acceptors (Lipinski definition) is 3. The zero-order chi connectivity index (χ0) is 19.4. The molecule has 0 aliphatic carbocycles. The second-order valence-electron chi connectivity index (χ2n) is 6.35. The van der Waals surface area contributed by atoms with Gasteiger partial charge in [0.15, 0.2) is 0 Å². The van der Waals surface area contributed by atoms with Gasteiger partial charge in [-0.15, -0.1) is 0 Å². The van der Waals surface area contributed by atoms with Crippen molar-refractivity contribution in [2.75, 3.05) is 26.2 Å². The molecule has 8 heteroatoms. The maximum Gasteiger partial charge on any atom is 0.243 e. The van der Waals surface area contributed by atoms with Gasteiger partial charge in [0.2, 0.25) is 15.9 Å². The van der Waals surface area contributed by atoms with Crippen molar-refractivity contribution in [3.8, 4) is 0 Å². The Morgan fingerprint density at radius 3 is 2.33 bits per heavy atom. The van der Waals surface area contributed by atoms with Gasteiger partial charge in [0.05, 0.1) is 9.92 Å². The Balaban J connectivity index is 1.57. The van der Waals surface area contributed by atoms with Crippen molar-refractivity contribution >= 4 is 27.5 Å². The Hall–Kier alpha value is -1.96. The zero-order valence-corrected chi connectivity index (χ0v) is 16.2. The van der Waals surface area contributed by atoms with Gasteiger partial charge in [-0.05, 0) is 30.2 Å². The normalized spacial score (nSPS) is 15.7. The van der Waals surface area contributed by atoms with Gasteiger partial charge in [-0.1, -0.05) is 41.9 Å². The molecule has 5 nitrogen and oxygen atoms in total. The van der Waals surface area contributed by atoms with Gasteiger partial charge in [-0.2, -0.15) is 4.31 Å². The molecule has 1 heterocycles. The van der Waals surface area contributed by atoms with Crippen molar-refractivity contribution in [2.45, 2.75) is 17.7 Å². The summed E-state index contributed by atoms with van der Waals surface area (Å²) < 4.78 is 39.9. The van der Waals surface area contributed by atoms with Crippen molar-refractivity contribution in [1.29, 1.82) is 0 Å². The molecule has 0 saturated carbocycles. The molecule has 1 aliphatic rings. The number of carbonyl (C=O) groups excluding carboxylic acids is 1. The van der Waals surface area contributed by atoms with Crippen LogP contribution < -0.4 is 0 Å². The van der Waals surface area contributed by atoms with E-state index in [1.165, 1.54) is 10.4 Å². The molecule has 0 N–H and O–H groups in total. The lowest BCUT2D eigenvalue weighted by Crippen LogP contribution is -2.50. The van der Waals surface area contributed by atoms with Crippen LogP contribution in [-0.4, -0.2) is 49.7 Å². The summed E-state index contributed by atoms with van der Waals surface area (Å²) in [4.78, 5) is 14.0. The molecule has 27 heavy (non-hydrogen) atoms. The second-order valence-corrected chi connectivity index (χ2v) is 8.69. The maximum absolute atomic E-state index is 13.3. The van der Waals surface area contributed by atoms with Crippen molar-refractivity contribution in [2.24, 2.45) is 0 Å². The topological polar surface area (TPSA) is 57.7 Å². The van der Waals surface area contributed by atoms with E-state index in [1.54, 1.807) is 4.90 Å². The number of piperazine rings is 1. The van der Waals surface area contributed by atoms with Crippen LogP contribution in [-0.2, 0) is 21.2 Å². The monoisotopic (exact) mass is 410 g/mol. The third-order valence-electron chi connectivity index (χ3n) is 4.59. The number of benzene rings is 2. The van der Waals surface area contributed by atoms with E-state index in [0.717, 1.165) is 17.7 Å². The van der Waals surface area contributed by atoms with E-state index in [0.29, 0.717) is 25.9 Å². The SMILES string of the molecule is O=C(CCc1ccccc1)N1CCN(S(=O)(=O)c2ccc(F)c(Cl)c2)CC1. The molecule has 2 aromatic rings. The van der Waals surface area contributed by atoms with Gasteiger partial charge in [-0.25, -0.2) is 12.8 Å². The number of aryl methyl sites for hydroxylation is 1. The summed E-state index contributed by atoms with van der Waals surface area (Å²) >= 11 is 5.70. The lowest BCUT2D eigenvalue weighted by Gasteiger charge is -2.34. The molecule has 0 unspecified atom stereocenters. The van der Waals surface area contributed by atoms with Crippen molar-refractivity contribution < 1.29 is 17.6 Å². The third kappa shape index (κ3) is 4.66. The summed E-state index contributed by atoms with van der Waals surface area (Å²) in [5, 5.41) is -0.231. The lowest BCUT2D eigenvalue weighted by atomic mass is 10.1. The van der Waals surface area contributed by atoms with E-state index in [4.69, 9.17) is 11.6 Å². The number of rotatable bonds is 5. The van der Waals surface area contributed by atoms with Crippen LogP contribution >= 0.6 is 11.6 Å². The highest BCUT2D eigenvalue weighted by atomic mass is 35.5. The Labute approximate surface area is 163 Å². The van der Waals surface area contributed by atoms with Gasteiger partial charge in [0, 0.05) is 32.6 Å². The molecule has 2 aromatic carbocycles. The molecule has 0 spiro atoms. The van der Waals surface area contributed by atoms with Crippen LogP contribution in [0.25, 0.3) is 0 Å². The predicted molar refractivity (Wildman–Crippen MR) is 102 cm³/mol. The first-order valence-corrected chi connectivity index (χ1v) is 10.5. The van der Waals surface area contributed by atoms with Gasteiger partial charge in [0.1, 0.15) is 5.82 Å². The Kier molecular flexibility index (Phi) is 6.14. The van der Waals surface area contributed by atoms with E-state index in [-0.39, 0.29) is 28.9 Å². The summed E-state index contributed by atoms with van der Waals surface area (Å²) in [7, 11) is -3.76. The molecule has 1 amide bonds. The third-order valence-corrected chi connectivity index (χ3v) is 6.77. The number of hydrogen-bond donors (Lipinski definition) is 0. The first-order chi connectivity index (χ1) is 12.9. The highest BCUT2D eigenvalue weighted by Crippen LogP contribution is 2.23. The number of amides is 1. The van der Waals surface area contributed by atoms with E-state index >= 15 is 0 Å². The summed E-state index contributed by atoms with van der Waals surface area (Å²) in [6.45, 7) is 1.08. The molecule has 1 aliphatic heterocycles. The van der Waals surface area contributed by atoms with Crippen LogP contribution in [0.5, 0.6) is 0 Å². The fourth-order valence-electron chi connectivity index (χ4n) is 3.02. The van der Waals surface area contributed by atoms with Crippen LogP contribution in [0.2, 0.25) is 5.02 Å². The second kappa shape index (κ2) is 8.37. The smallest absolute Gasteiger partial charge is 0.243 e. The van der Waals surface area contributed by atoms with Crippen LogP contribution in [0.15, 0.2) is 53.4 Å². The summed E-state index contributed by atoms with van der Waals surface area (Å²) in [6, 6.07) is 13.1. The molecule has 0 aromatic heterocycles. The van der Waals surface area contributed by atoms with Crippen molar-refractivity contribution in [3.05, 3.63) is 64.9 Å². The fourth-order valence-corrected chi connectivity index (χ4v) is 4.71. The minimum Gasteiger partial charge on any atom is -0.340 e. The fraction of sp³-hybridized carbons (Fsp3) is 0.316. The first-order valence-electron chi connectivity index (χ1n) is 8.65. The predicted octanol–water partition coefficient (Wildman–Crippen LogP) is 2.94. The number of nitrogens with zero attached hydrogens (tertiary/aromatic N) is 2. The highest BCUT2D eigenvalue weighted by molar-refractivity contribution is 7.89.